The summed E-state index contributed by atoms with van der Waals surface area (Å²) in [5.41, 5.74) is 0. The van der Waals surface area contributed by atoms with Crippen LogP contribution in [0.5, 0.6) is 0 Å². The third-order valence-corrected chi connectivity index (χ3v) is 2.62. The molecule has 0 radical (unpaired) electrons. The summed E-state index contributed by atoms with van der Waals surface area (Å²) in [7, 11) is 4.99. The Labute approximate surface area is 73.5 Å². The van der Waals surface area contributed by atoms with E-state index in [9.17, 15) is 0 Å². The second-order valence-electron chi connectivity index (χ2n) is 3.61. The van der Waals surface area contributed by atoms with Crippen molar-refractivity contribution in [1.29, 1.82) is 0 Å². The molecule has 0 saturated carbocycles. The van der Waals surface area contributed by atoms with E-state index < -0.39 is 0 Å². The summed E-state index contributed by atoms with van der Waals surface area (Å²) in [4.78, 5) is 0. The molecule has 0 fully saturated rings. The fourth-order valence-electron chi connectivity index (χ4n) is 1.12. The standard InChI is InChI=1S/C9H22NP/c1-4-5-6-9(2,11)7-8-10-3/h10H,4-8,11H2,1-3H3. The second kappa shape index (κ2) is 5.97. The summed E-state index contributed by atoms with van der Waals surface area (Å²) < 4.78 is 0. The lowest BCUT2D eigenvalue weighted by molar-refractivity contribution is 0.505. The first-order valence-corrected chi connectivity index (χ1v) is 5.13. The molecule has 0 rings (SSSR count). The Morgan fingerprint density at radius 3 is 2.45 bits per heavy atom. The maximum atomic E-state index is 3.19. The SMILES string of the molecule is CCCCC(C)(P)CCNC. The van der Waals surface area contributed by atoms with Gasteiger partial charge in [0, 0.05) is 0 Å². The van der Waals surface area contributed by atoms with Crippen molar-refractivity contribution >= 4 is 9.24 Å². The molecule has 0 amide bonds. The zero-order valence-electron chi connectivity index (χ0n) is 8.11. The number of unbranched alkanes of at least 4 members (excludes halogenated alkanes) is 1. The van der Waals surface area contributed by atoms with Crippen LogP contribution < -0.4 is 5.32 Å². The minimum Gasteiger partial charge on any atom is -0.320 e. The van der Waals surface area contributed by atoms with Crippen LogP contribution in [0.15, 0.2) is 0 Å². The first kappa shape index (κ1) is 11.4. The van der Waals surface area contributed by atoms with E-state index in [-0.39, 0.29) is 0 Å². The Kier molecular flexibility index (Phi) is 6.18. The Balaban J connectivity index is 3.43. The van der Waals surface area contributed by atoms with E-state index >= 15 is 0 Å². The van der Waals surface area contributed by atoms with E-state index in [1.165, 1.54) is 25.7 Å². The van der Waals surface area contributed by atoms with E-state index in [4.69, 9.17) is 0 Å². The number of hydrogen-bond acceptors (Lipinski definition) is 1. The van der Waals surface area contributed by atoms with Crippen LogP contribution in [-0.2, 0) is 0 Å². The largest absolute Gasteiger partial charge is 0.320 e. The van der Waals surface area contributed by atoms with Crippen LogP contribution in [0.25, 0.3) is 0 Å². The minimum absolute atomic E-state index is 0.457. The summed E-state index contributed by atoms with van der Waals surface area (Å²) in [5.74, 6) is 0. The Morgan fingerprint density at radius 1 is 1.36 bits per heavy atom. The van der Waals surface area contributed by atoms with Crippen LogP contribution in [-0.4, -0.2) is 18.7 Å². The summed E-state index contributed by atoms with van der Waals surface area (Å²) in [6.07, 6.45) is 5.25. The molecule has 0 spiro atoms. The molecule has 0 aromatic heterocycles. The summed E-state index contributed by atoms with van der Waals surface area (Å²) >= 11 is 0. The molecule has 0 aliphatic rings. The van der Waals surface area contributed by atoms with Gasteiger partial charge in [0.2, 0.25) is 0 Å². The smallest absolute Gasteiger partial charge is 0.00435 e. The first-order chi connectivity index (χ1) is 5.12. The molecule has 1 N–H and O–H groups in total. The maximum absolute atomic E-state index is 3.19. The highest BCUT2D eigenvalue weighted by Crippen LogP contribution is 2.27. The Bertz CT molecular complexity index is 81.6. The highest BCUT2D eigenvalue weighted by atomic mass is 31.0. The monoisotopic (exact) mass is 175 g/mol. The molecule has 0 bridgehead atoms. The van der Waals surface area contributed by atoms with Gasteiger partial charge in [0.05, 0.1) is 0 Å². The molecule has 1 nitrogen and oxygen atoms in total. The second-order valence-corrected chi connectivity index (χ2v) is 5.00. The van der Waals surface area contributed by atoms with Crippen molar-refractivity contribution in [2.45, 2.75) is 44.7 Å². The van der Waals surface area contributed by atoms with Crippen LogP contribution in [0, 0.1) is 0 Å². The molecule has 0 heterocycles. The van der Waals surface area contributed by atoms with Crippen LogP contribution in [0.2, 0.25) is 0 Å². The number of rotatable bonds is 6. The van der Waals surface area contributed by atoms with E-state index in [2.05, 4.69) is 28.4 Å². The van der Waals surface area contributed by atoms with Crippen molar-refractivity contribution in [1.82, 2.24) is 5.32 Å². The third kappa shape index (κ3) is 6.77. The van der Waals surface area contributed by atoms with E-state index in [1.54, 1.807) is 0 Å². The van der Waals surface area contributed by atoms with Gasteiger partial charge in [0.25, 0.3) is 0 Å². The lowest BCUT2D eigenvalue weighted by Crippen LogP contribution is -2.22. The van der Waals surface area contributed by atoms with Gasteiger partial charge in [-0.25, -0.2) is 0 Å². The summed E-state index contributed by atoms with van der Waals surface area (Å²) in [6.45, 7) is 5.70. The fraction of sp³-hybridized carbons (Fsp3) is 1.00. The van der Waals surface area contributed by atoms with Gasteiger partial charge in [-0.2, -0.15) is 0 Å². The highest BCUT2D eigenvalue weighted by molar-refractivity contribution is 7.18. The first-order valence-electron chi connectivity index (χ1n) is 4.56. The lowest BCUT2D eigenvalue weighted by Gasteiger charge is -2.23. The maximum Gasteiger partial charge on any atom is -0.00435 e. The predicted octanol–water partition coefficient (Wildman–Crippen LogP) is 2.42. The van der Waals surface area contributed by atoms with Gasteiger partial charge in [-0.05, 0) is 31.6 Å². The average molecular weight is 175 g/mol. The zero-order valence-corrected chi connectivity index (χ0v) is 9.27. The van der Waals surface area contributed by atoms with Gasteiger partial charge >= 0.3 is 0 Å². The van der Waals surface area contributed by atoms with Gasteiger partial charge in [-0.15, -0.1) is 9.24 Å². The normalized spacial score (nSPS) is 16.4. The molecule has 0 aliphatic heterocycles. The molecule has 0 aliphatic carbocycles. The summed E-state index contributed by atoms with van der Waals surface area (Å²) in [6, 6.07) is 0. The predicted molar refractivity (Wildman–Crippen MR) is 56.2 cm³/mol. The van der Waals surface area contributed by atoms with Gasteiger partial charge < -0.3 is 5.32 Å². The number of nitrogens with one attached hydrogen (secondary N) is 1. The van der Waals surface area contributed by atoms with Crippen molar-refractivity contribution in [3.63, 3.8) is 0 Å². The third-order valence-electron chi connectivity index (χ3n) is 2.05. The van der Waals surface area contributed by atoms with Crippen molar-refractivity contribution in [3.05, 3.63) is 0 Å². The van der Waals surface area contributed by atoms with E-state index in [1.807, 2.05) is 7.05 Å². The Hall–Kier alpha value is 0.390. The van der Waals surface area contributed by atoms with Crippen LogP contribution >= 0.6 is 9.24 Å². The number of hydrogen-bond donors (Lipinski definition) is 1. The summed E-state index contributed by atoms with van der Waals surface area (Å²) in [5, 5.41) is 3.64. The van der Waals surface area contributed by atoms with Crippen LogP contribution in [0.1, 0.15) is 39.5 Å². The molecular weight excluding hydrogens is 153 g/mol. The zero-order chi connectivity index (χ0) is 8.74. The minimum atomic E-state index is 0.457. The van der Waals surface area contributed by atoms with Gasteiger partial charge in [-0.3, -0.25) is 0 Å². The van der Waals surface area contributed by atoms with E-state index in [0.29, 0.717) is 5.16 Å². The van der Waals surface area contributed by atoms with Gasteiger partial charge in [0.15, 0.2) is 0 Å². The fourth-order valence-corrected chi connectivity index (χ4v) is 1.46. The van der Waals surface area contributed by atoms with Gasteiger partial charge in [0.1, 0.15) is 0 Å². The molecule has 0 aromatic rings. The van der Waals surface area contributed by atoms with Crippen molar-refractivity contribution in [2.24, 2.45) is 0 Å². The van der Waals surface area contributed by atoms with Gasteiger partial charge in [-0.1, -0.05) is 26.7 Å². The molecule has 2 unspecified atom stereocenters. The molecular formula is C9H22NP. The highest BCUT2D eigenvalue weighted by Gasteiger charge is 2.15. The molecule has 2 heteroatoms. The van der Waals surface area contributed by atoms with Crippen molar-refractivity contribution in [2.75, 3.05) is 13.6 Å². The van der Waals surface area contributed by atoms with E-state index in [0.717, 1.165) is 6.54 Å². The van der Waals surface area contributed by atoms with Crippen molar-refractivity contribution < 1.29 is 0 Å². The average Bonchev–Trinajstić information content (AvgIpc) is 1.97. The molecule has 0 aromatic carbocycles. The molecule has 68 valence electrons. The lowest BCUT2D eigenvalue weighted by atomic mass is 9.99. The molecule has 0 saturated heterocycles. The quantitative estimate of drug-likeness (QED) is 0.611. The topological polar surface area (TPSA) is 12.0 Å². The van der Waals surface area contributed by atoms with Crippen molar-refractivity contribution in [3.8, 4) is 0 Å². The van der Waals surface area contributed by atoms with Crippen LogP contribution in [0.3, 0.4) is 0 Å². The molecule has 2 atom stereocenters. The van der Waals surface area contributed by atoms with Crippen LogP contribution in [0.4, 0.5) is 0 Å². The molecule has 11 heavy (non-hydrogen) atoms. The Morgan fingerprint density at radius 2 is 2.00 bits per heavy atom.